The van der Waals surface area contributed by atoms with Crippen LogP contribution in [0.2, 0.25) is 0 Å². The van der Waals surface area contributed by atoms with Crippen LogP contribution < -0.4 is 4.90 Å². The van der Waals surface area contributed by atoms with Gasteiger partial charge in [0.15, 0.2) is 5.82 Å². The standard InChI is InChI=1S/C17H15N5OS/c23-17(21-11-8-13-4-1-2-5-14(13)21)12-24-16-7-6-15(19-20-16)22-10-3-9-18-22/h1-7,9-10H,8,11-12H2. The molecule has 0 saturated heterocycles. The highest BCUT2D eigenvalue weighted by molar-refractivity contribution is 7.99. The topological polar surface area (TPSA) is 63.9 Å². The molecule has 0 spiro atoms. The molecule has 0 unspecified atom stereocenters. The van der Waals surface area contributed by atoms with Gasteiger partial charge in [0.1, 0.15) is 5.03 Å². The number of anilines is 1. The van der Waals surface area contributed by atoms with Crippen molar-refractivity contribution in [2.45, 2.75) is 11.4 Å². The lowest BCUT2D eigenvalue weighted by Crippen LogP contribution is -2.30. The van der Waals surface area contributed by atoms with Gasteiger partial charge in [-0.15, -0.1) is 10.2 Å². The number of nitrogens with zero attached hydrogens (tertiary/aromatic N) is 5. The van der Waals surface area contributed by atoms with Crippen molar-refractivity contribution in [3.63, 3.8) is 0 Å². The van der Waals surface area contributed by atoms with E-state index in [-0.39, 0.29) is 5.91 Å². The summed E-state index contributed by atoms with van der Waals surface area (Å²) in [5.41, 5.74) is 2.27. The third-order valence-electron chi connectivity index (χ3n) is 3.90. The zero-order valence-corrected chi connectivity index (χ0v) is 13.7. The number of hydrogen-bond donors (Lipinski definition) is 0. The quantitative estimate of drug-likeness (QED) is 0.684. The van der Waals surface area contributed by atoms with Crippen LogP contribution in [0.5, 0.6) is 0 Å². The third-order valence-corrected chi connectivity index (χ3v) is 4.80. The molecule has 7 heteroatoms. The normalized spacial score (nSPS) is 13.1. The van der Waals surface area contributed by atoms with Gasteiger partial charge in [0.05, 0.1) is 5.75 Å². The Morgan fingerprint density at radius 3 is 2.83 bits per heavy atom. The average Bonchev–Trinajstić information content (AvgIpc) is 3.30. The molecule has 120 valence electrons. The first-order valence-electron chi connectivity index (χ1n) is 7.66. The lowest BCUT2D eigenvalue weighted by Gasteiger charge is -2.16. The Hall–Kier alpha value is -2.67. The van der Waals surface area contributed by atoms with Gasteiger partial charge in [-0.3, -0.25) is 4.79 Å². The summed E-state index contributed by atoms with van der Waals surface area (Å²) in [4.78, 5) is 14.3. The Morgan fingerprint density at radius 2 is 2.04 bits per heavy atom. The van der Waals surface area contributed by atoms with Crippen LogP contribution in [0.15, 0.2) is 59.9 Å². The van der Waals surface area contributed by atoms with Crippen LogP contribution in [0.25, 0.3) is 5.82 Å². The zero-order chi connectivity index (χ0) is 16.4. The summed E-state index contributed by atoms with van der Waals surface area (Å²) < 4.78 is 1.65. The van der Waals surface area contributed by atoms with Crippen molar-refractivity contribution in [1.29, 1.82) is 0 Å². The number of aromatic nitrogens is 4. The predicted octanol–water partition coefficient (Wildman–Crippen LogP) is 2.34. The second-order valence-electron chi connectivity index (χ2n) is 5.39. The van der Waals surface area contributed by atoms with E-state index in [1.165, 1.54) is 17.3 Å². The molecule has 1 aliphatic heterocycles. The molecule has 0 bridgehead atoms. The minimum absolute atomic E-state index is 0.0999. The Morgan fingerprint density at radius 1 is 1.12 bits per heavy atom. The van der Waals surface area contributed by atoms with Gasteiger partial charge >= 0.3 is 0 Å². The summed E-state index contributed by atoms with van der Waals surface area (Å²) in [6, 6.07) is 13.6. The molecule has 0 fully saturated rings. The average molecular weight is 337 g/mol. The Labute approximate surface area is 143 Å². The largest absolute Gasteiger partial charge is 0.311 e. The molecule has 4 rings (SSSR count). The monoisotopic (exact) mass is 337 g/mol. The number of carbonyl (C=O) groups excluding carboxylic acids is 1. The van der Waals surface area contributed by atoms with E-state index in [1.807, 2.05) is 47.5 Å². The van der Waals surface area contributed by atoms with E-state index in [0.717, 1.165) is 23.7 Å². The van der Waals surface area contributed by atoms with Crippen LogP contribution in [-0.2, 0) is 11.2 Å². The van der Waals surface area contributed by atoms with E-state index in [9.17, 15) is 4.79 Å². The summed E-state index contributed by atoms with van der Waals surface area (Å²) in [6.45, 7) is 0.753. The lowest BCUT2D eigenvalue weighted by atomic mass is 10.2. The van der Waals surface area contributed by atoms with Gasteiger partial charge in [0.2, 0.25) is 5.91 Å². The molecule has 1 aromatic carbocycles. The highest BCUT2D eigenvalue weighted by Gasteiger charge is 2.23. The van der Waals surface area contributed by atoms with Crippen LogP contribution >= 0.6 is 11.8 Å². The van der Waals surface area contributed by atoms with Crippen LogP contribution in [0.3, 0.4) is 0 Å². The maximum Gasteiger partial charge on any atom is 0.237 e. The van der Waals surface area contributed by atoms with Crippen molar-refractivity contribution in [3.05, 3.63) is 60.4 Å². The molecule has 0 atom stereocenters. The molecular weight excluding hydrogens is 322 g/mol. The molecule has 1 aliphatic rings. The molecule has 0 radical (unpaired) electrons. The smallest absolute Gasteiger partial charge is 0.237 e. The van der Waals surface area contributed by atoms with Crippen LogP contribution in [-0.4, -0.2) is 38.2 Å². The van der Waals surface area contributed by atoms with Crippen molar-refractivity contribution in [3.8, 4) is 5.82 Å². The molecule has 24 heavy (non-hydrogen) atoms. The van der Waals surface area contributed by atoms with Gasteiger partial charge in [0.25, 0.3) is 0 Å². The maximum absolute atomic E-state index is 12.5. The minimum atomic E-state index is 0.0999. The van der Waals surface area contributed by atoms with Crippen molar-refractivity contribution in [2.24, 2.45) is 0 Å². The first kappa shape index (κ1) is 14.9. The number of thioether (sulfide) groups is 1. The number of fused-ring (bicyclic) bond motifs is 1. The lowest BCUT2D eigenvalue weighted by molar-refractivity contribution is -0.116. The number of benzene rings is 1. The van der Waals surface area contributed by atoms with Crippen molar-refractivity contribution < 1.29 is 4.79 Å². The molecule has 3 aromatic rings. The highest BCUT2D eigenvalue weighted by Crippen LogP contribution is 2.28. The minimum Gasteiger partial charge on any atom is -0.311 e. The summed E-state index contributed by atoms with van der Waals surface area (Å²) in [6.07, 6.45) is 4.42. The molecule has 0 N–H and O–H groups in total. The first-order chi connectivity index (χ1) is 11.8. The maximum atomic E-state index is 12.5. The third kappa shape index (κ3) is 2.90. The van der Waals surface area contributed by atoms with E-state index < -0.39 is 0 Å². The fourth-order valence-corrected chi connectivity index (χ4v) is 3.42. The van der Waals surface area contributed by atoms with Crippen LogP contribution in [0.1, 0.15) is 5.56 Å². The molecule has 1 amide bonds. The number of para-hydroxylation sites is 1. The van der Waals surface area contributed by atoms with E-state index >= 15 is 0 Å². The van der Waals surface area contributed by atoms with Gasteiger partial charge in [-0.05, 0) is 36.2 Å². The SMILES string of the molecule is O=C(CSc1ccc(-n2cccn2)nn1)N1CCc2ccccc21. The second kappa shape index (κ2) is 6.45. The molecule has 0 aliphatic carbocycles. The molecular formula is C17H15N5OS. The van der Waals surface area contributed by atoms with Gasteiger partial charge in [-0.1, -0.05) is 30.0 Å². The van der Waals surface area contributed by atoms with E-state index in [2.05, 4.69) is 21.4 Å². The molecule has 6 nitrogen and oxygen atoms in total. The number of amides is 1. The molecule has 2 aromatic heterocycles. The highest BCUT2D eigenvalue weighted by atomic mass is 32.2. The predicted molar refractivity (Wildman–Crippen MR) is 92.4 cm³/mol. The van der Waals surface area contributed by atoms with Gasteiger partial charge < -0.3 is 4.90 Å². The summed E-state index contributed by atoms with van der Waals surface area (Å²) >= 11 is 1.40. The molecule has 0 saturated carbocycles. The molecule has 3 heterocycles. The Balaban J connectivity index is 1.39. The second-order valence-corrected chi connectivity index (χ2v) is 6.39. The number of carbonyl (C=O) groups is 1. The summed E-state index contributed by atoms with van der Waals surface area (Å²) in [5, 5.41) is 13.1. The zero-order valence-electron chi connectivity index (χ0n) is 12.9. The van der Waals surface area contributed by atoms with Crippen LogP contribution in [0, 0.1) is 0 Å². The van der Waals surface area contributed by atoms with E-state index in [0.29, 0.717) is 11.6 Å². The van der Waals surface area contributed by atoms with Gasteiger partial charge in [-0.25, -0.2) is 4.68 Å². The Bertz CT molecular complexity index is 848. The van der Waals surface area contributed by atoms with Crippen molar-refractivity contribution >= 4 is 23.4 Å². The fraction of sp³-hybridized carbons (Fsp3) is 0.176. The summed E-state index contributed by atoms with van der Waals surface area (Å²) in [5.74, 6) is 1.11. The van der Waals surface area contributed by atoms with Crippen molar-refractivity contribution in [1.82, 2.24) is 20.0 Å². The fourth-order valence-electron chi connectivity index (χ4n) is 2.73. The Kier molecular flexibility index (Phi) is 4.00. The van der Waals surface area contributed by atoms with Gasteiger partial charge in [0, 0.05) is 24.6 Å². The van der Waals surface area contributed by atoms with E-state index in [1.54, 1.807) is 10.9 Å². The van der Waals surface area contributed by atoms with Crippen LogP contribution in [0.4, 0.5) is 5.69 Å². The number of hydrogen-bond acceptors (Lipinski definition) is 5. The van der Waals surface area contributed by atoms with Crippen molar-refractivity contribution in [2.75, 3.05) is 17.2 Å². The van der Waals surface area contributed by atoms with Gasteiger partial charge in [-0.2, -0.15) is 5.10 Å². The summed E-state index contributed by atoms with van der Waals surface area (Å²) in [7, 11) is 0. The first-order valence-corrected chi connectivity index (χ1v) is 8.64. The number of rotatable bonds is 4. The van der Waals surface area contributed by atoms with E-state index in [4.69, 9.17) is 0 Å².